The summed E-state index contributed by atoms with van der Waals surface area (Å²) in [6, 6.07) is 13.4. The Hall–Kier alpha value is -2.75. The second-order valence-electron chi connectivity index (χ2n) is 6.12. The van der Waals surface area contributed by atoms with E-state index in [0.29, 0.717) is 22.3 Å². The van der Waals surface area contributed by atoms with Crippen LogP contribution in [0.5, 0.6) is 11.5 Å². The number of ether oxygens (including phenoxy) is 2. The molecule has 4 aromatic rings. The summed E-state index contributed by atoms with van der Waals surface area (Å²) in [4.78, 5) is 22.9. The fraction of sp³-hybridized carbons (Fsp3) is 0.143. The topological polar surface area (TPSA) is 76.2 Å². The van der Waals surface area contributed by atoms with E-state index in [1.807, 2.05) is 29.0 Å². The van der Waals surface area contributed by atoms with E-state index in [1.165, 1.54) is 11.8 Å². The number of carbonyl (C=O) groups is 1. The molecule has 0 unspecified atom stereocenters. The highest BCUT2D eigenvalue weighted by Gasteiger charge is 2.17. The first-order valence-corrected chi connectivity index (χ1v) is 11.7. The second-order valence-corrected chi connectivity index (χ2v) is 8.98. The second kappa shape index (κ2) is 9.38. The molecule has 0 bridgehead atoms. The first-order chi connectivity index (χ1) is 14.7. The molecule has 9 heteroatoms. The number of H-pyrrole nitrogens is 1. The number of thioether (sulfide) groups is 1. The van der Waals surface area contributed by atoms with Crippen LogP contribution in [0.4, 0.5) is 5.69 Å². The van der Waals surface area contributed by atoms with Crippen molar-refractivity contribution in [1.29, 1.82) is 0 Å². The number of thiophene rings is 2. The van der Waals surface area contributed by atoms with Crippen LogP contribution < -0.4 is 14.8 Å². The molecule has 0 fully saturated rings. The van der Waals surface area contributed by atoms with E-state index in [2.05, 4.69) is 16.4 Å². The lowest BCUT2D eigenvalue weighted by Crippen LogP contribution is -2.14. The molecule has 0 radical (unpaired) electrons. The molecule has 0 aliphatic carbocycles. The zero-order chi connectivity index (χ0) is 20.9. The Morgan fingerprint density at radius 1 is 1.10 bits per heavy atom. The number of anilines is 1. The third-order valence-electron chi connectivity index (χ3n) is 4.22. The molecule has 2 N–H and O–H groups in total. The average molecular weight is 458 g/mol. The summed E-state index contributed by atoms with van der Waals surface area (Å²) >= 11 is 4.66. The molecule has 0 aliphatic heterocycles. The van der Waals surface area contributed by atoms with Crippen LogP contribution in [0.2, 0.25) is 0 Å². The van der Waals surface area contributed by atoms with Crippen molar-refractivity contribution in [3.8, 4) is 32.6 Å². The molecule has 3 heterocycles. The summed E-state index contributed by atoms with van der Waals surface area (Å²) in [5.74, 6) is 1.28. The maximum Gasteiger partial charge on any atom is 0.234 e. The van der Waals surface area contributed by atoms with Crippen molar-refractivity contribution in [2.24, 2.45) is 0 Å². The lowest BCUT2D eigenvalue weighted by Gasteiger charge is -2.11. The molecule has 4 rings (SSSR count). The van der Waals surface area contributed by atoms with Gasteiger partial charge in [-0.2, -0.15) is 0 Å². The van der Waals surface area contributed by atoms with Gasteiger partial charge in [-0.15, -0.1) is 22.7 Å². The van der Waals surface area contributed by atoms with Gasteiger partial charge in [0.25, 0.3) is 0 Å². The van der Waals surface area contributed by atoms with Gasteiger partial charge in [-0.05, 0) is 35.0 Å². The summed E-state index contributed by atoms with van der Waals surface area (Å²) in [5, 5.41) is 7.65. The van der Waals surface area contributed by atoms with Gasteiger partial charge in [-0.25, -0.2) is 4.98 Å². The standard InChI is InChI=1S/C21H19N3O3S3/c1-26-13-7-8-15(27-2)14(11-13)22-18(25)12-30-21-23-19(16-5-3-9-28-16)20(24-21)17-6-4-10-29-17/h3-11H,12H2,1-2H3,(H,22,25)(H,23,24). The largest absolute Gasteiger partial charge is 0.497 e. The first-order valence-electron chi connectivity index (χ1n) is 9.00. The van der Waals surface area contributed by atoms with Crippen molar-refractivity contribution in [2.45, 2.75) is 5.16 Å². The van der Waals surface area contributed by atoms with Gasteiger partial charge in [0.2, 0.25) is 5.91 Å². The van der Waals surface area contributed by atoms with Crippen LogP contribution in [0.3, 0.4) is 0 Å². The van der Waals surface area contributed by atoms with Gasteiger partial charge < -0.3 is 19.8 Å². The van der Waals surface area contributed by atoms with Crippen molar-refractivity contribution in [2.75, 3.05) is 25.3 Å². The van der Waals surface area contributed by atoms with Crippen molar-refractivity contribution >= 4 is 46.0 Å². The van der Waals surface area contributed by atoms with Gasteiger partial charge in [0, 0.05) is 6.07 Å². The molecule has 0 atom stereocenters. The highest BCUT2D eigenvalue weighted by molar-refractivity contribution is 7.99. The van der Waals surface area contributed by atoms with Crippen molar-refractivity contribution in [1.82, 2.24) is 9.97 Å². The summed E-state index contributed by atoms with van der Waals surface area (Å²) in [6.45, 7) is 0. The molecule has 0 saturated carbocycles. The number of methoxy groups -OCH3 is 2. The maximum absolute atomic E-state index is 12.5. The van der Waals surface area contributed by atoms with Crippen LogP contribution in [-0.4, -0.2) is 35.8 Å². The van der Waals surface area contributed by atoms with Crippen LogP contribution in [-0.2, 0) is 4.79 Å². The molecule has 30 heavy (non-hydrogen) atoms. The fourth-order valence-corrected chi connectivity index (χ4v) is 4.96. The Labute approximate surface area is 186 Å². The average Bonchev–Trinajstić information content (AvgIpc) is 3.53. The fourth-order valence-electron chi connectivity index (χ4n) is 2.84. The SMILES string of the molecule is COc1ccc(OC)c(NC(=O)CSc2nc(-c3cccs3)c(-c3cccs3)[nH]2)c1. The minimum Gasteiger partial charge on any atom is -0.497 e. The predicted molar refractivity (Wildman–Crippen MR) is 124 cm³/mol. The van der Waals surface area contributed by atoms with E-state index in [1.54, 1.807) is 55.1 Å². The minimum absolute atomic E-state index is 0.154. The predicted octanol–water partition coefficient (Wildman–Crippen LogP) is 5.61. The zero-order valence-electron chi connectivity index (χ0n) is 16.3. The molecule has 0 aliphatic rings. The third kappa shape index (κ3) is 4.53. The zero-order valence-corrected chi connectivity index (χ0v) is 18.7. The molecule has 0 saturated heterocycles. The quantitative estimate of drug-likeness (QED) is 0.336. The monoisotopic (exact) mass is 457 g/mol. The number of rotatable bonds is 8. The Morgan fingerprint density at radius 3 is 2.53 bits per heavy atom. The van der Waals surface area contributed by atoms with Crippen LogP contribution in [0.15, 0.2) is 58.4 Å². The van der Waals surface area contributed by atoms with Crippen LogP contribution in [0.25, 0.3) is 21.1 Å². The number of carbonyl (C=O) groups excluding carboxylic acids is 1. The van der Waals surface area contributed by atoms with Gasteiger partial charge in [-0.3, -0.25) is 4.79 Å². The number of amides is 1. The van der Waals surface area contributed by atoms with Gasteiger partial charge in [0.15, 0.2) is 5.16 Å². The summed E-state index contributed by atoms with van der Waals surface area (Å²) < 4.78 is 10.5. The van der Waals surface area contributed by atoms with Gasteiger partial charge in [0.05, 0.1) is 41.1 Å². The smallest absolute Gasteiger partial charge is 0.234 e. The number of imidazole rings is 1. The first kappa shape index (κ1) is 20.5. The van der Waals surface area contributed by atoms with E-state index in [9.17, 15) is 4.79 Å². The number of nitrogens with one attached hydrogen (secondary N) is 2. The lowest BCUT2D eigenvalue weighted by molar-refractivity contribution is -0.113. The van der Waals surface area contributed by atoms with E-state index in [0.717, 1.165) is 21.1 Å². The highest BCUT2D eigenvalue weighted by atomic mass is 32.2. The lowest BCUT2D eigenvalue weighted by atomic mass is 10.2. The van der Waals surface area contributed by atoms with Gasteiger partial charge in [-0.1, -0.05) is 23.9 Å². The summed E-state index contributed by atoms with van der Waals surface area (Å²) in [6.07, 6.45) is 0. The Kier molecular flexibility index (Phi) is 6.41. The molecule has 1 amide bonds. The normalized spacial score (nSPS) is 10.7. The van der Waals surface area contributed by atoms with Crippen LogP contribution in [0, 0.1) is 0 Å². The van der Waals surface area contributed by atoms with Crippen LogP contribution >= 0.6 is 34.4 Å². The Balaban J connectivity index is 1.49. The van der Waals surface area contributed by atoms with E-state index >= 15 is 0 Å². The molecule has 154 valence electrons. The number of aromatic amines is 1. The van der Waals surface area contributed by atoms with E-state index < -0.39 is 0 Å². The van der Waals surface area contributed by atoms with E-state index in [-0.39, 0.29) is 11.7 Å². The van der Waals surface area contributed by atoms with E-state index in [4.69, 9.17) is 14.5 Å². The minimum atomic E-state index is -0.154. The highest BCUT2D eigenvalue weighted by Crippen LogP contribution is 2.37. The maximum atomic E-state index is 12.5. The number of benzene rings is 1. The molecule has 1 aromatic carbocycles. The Morgan fingerprint density at radius 2 is 1.87 bits per heavy atom. The third-order valence-corrected chi connectivity index (χ3v) is 6.86. The number of hydrogen-bond donors (Lipinski definition) is 2. The molecular weight excluding hydrogens is 438 g/mol. The molecule has 0 spiro atoms. The van der Waals surface area contributed by atoms with Gasteiger partial charge >= 0.3 is 0 Å². The molecule has 6 nitrogen and oxygen atoms in total. The molecule has 3 aromatic heterocycles. The number of hydrogen-bond acceptors (Lipinski definition) is 7. The van der Waals surface area contributed by atoms with Crippen molar-refractivity contribution < 1.29 is 14.3 Å². The number of nitrogens with zero attached hydrogens (tertiary/aromatic N) is 1. The molecular formula is C21H19N3O3S3. The van der Waals surface area contributed by atoms with Crippen LogP contribution in [0.1, 0.15) is 0 Å². The van der Waals surface area contributed by atoms with Crippen molar-refractivity contribution in [3.63, 3.8) is 0 Å². The van der Waals surface area contributed by atoms with Gasteiger partial charge in [0.1, 0.15) is 17.2 Å². The summed E-state index contributed by atoms with van der Waals surface area (Å²) in [7, 11) is 3.14. The Bertz CT molecular complexity index is 1070. The number of aromatic nitrogens is 2. The summed E-state index contributed by atoms with van der Waals surface area (Å²) in [5.41, 5.74) is 2.45. The van der Waals surface area contributed by atoms with Crippen molar-refractivity contribution in [3.05, 3.63) is 53.2 Å².